The molecule has 13 heteroatoms. The van der Waals surface area contributed by atoms with Crippen LogP contribution in [0.25, 0.3) is 11.4 Å². The maximum Gasteiger partial charge on any atom is 0.273 e. The third-order valence-corrected chi connectivity index (χ3v) is 6.50. The molecule has 2 aromatic heterocycles. The van der Waals surface area contributed by atoms with Gasteiger partial charge in [-0.3, -0.25) is 14.2 Å². The molecule has 3 aromatic rings. The van der Waals surface area contributed by atoms with Crippen molar-refractivity contribution in [2.75, 3.05) is 24.1 Å². The van der Waals surface area contributed by atoms with Crippen molar-refractivity contribution in [1.29, 1.82) is 0 Å². The summed E-state index contributed by atoms with van der Waals surface area (Å²) < 4.78 is 56.1. The second-order valence-corrected chi connectivity index (χ2v) is 9.01. The van der Waals surface area contributed by atoms with Gasteiger partial charge in [-0.25, -0.2) is 13.4 Å². The molecule has 1 aliphatic carbocycles. The Balaban J connectivity index is 1.75. The lowest BCUT2D eigenvalue weighted by molar-refractivity contribution is 0.0958. The summed E-state index contributed by atoms with van der Waals surface area (Å²) in [5.74, 6) is -0.443. The fourth-order valence-electron chi connectivity index (χ4n) is 3.01. The van der Waals surface area contributed by atoms with E-state index in [-0.39, 0.29) is 17.2 Å². The average molecular weight is 462 g/mol. The van der Waals surface area contributed by atoms with Crippen molar-refractivity contribution < 1.29 is 22.1 Å². The minimum absolute atomic E-state index is 0.000299. The summed E-state index contributed by atoms with van der Waals surface area (Å²) in [5, 5.41) is 16.1. The van der Waals surface area contributed by atoms with E-state index in [4.69, 9.17) is 8.85 Å². The van der Waals surface area contributed by atoms with Gasteiger partial charge in [0.2, 0.25) is 10.0 Å². The van der Waals surface area contributed by atoms with E-state index >= 15 is 0 Å². The van der Waals surface area contributed by atoms with Gasteiger partial charge in [0.15, 0.2) is 23.1 Å². The first-order chi connectivity index (χ1) is 16.5. The monoisotopic (exact) mass is 461 g/mol. The third kappa shape index (κ3) is 4.32. The summed E-state index contributed by atoms with van der Waals surface area (Å²) in [4.78, 5) is 16.8. The number of benzene rings is 1. The molecule has 1 aliphatic rings. The molecule has 3 N–H and O–H groups in total. The van der Waals surface area contributed by atoms with Crippen LogP contribution in [0, 0.1) is 0 Å². The predicted octanol–water partition coefficient (Wildman–Crippen LogP) is 1.29. The molecule has 12 nitrogen and oxygen atoms in total. The summed E-state index contributed by atoms with van der Waals surface area (Å²) in [5.41, 5.74) is 0.547. The number of amides is 1. The van der Waals surface area contributed by atoms with E-state index in [1.54, 1.807) is 25.2 Å². The standard InChI is InChI=1S/C19H22N8O4S/c1-20-19(28)16-14(9-15(23-24-16)26-32(29,30)11-7-8-11)22-13-6-4-5-12(17(13)31-3)18-21-10-27(2)25-18/h4-6,9-11H,7-8H2,1-3H3,(H,20,28)(H2,22,23,26)/i1D3. The minimum Gasteiger partial charge on any atom is -0.494 e. The summed E-state index contributed by atoms with van der Waals surface area (Å²) >= 11 is 0. The highest BCUT2D eigenvalue weighted by Crippen LogP contribution is 2.37. The molecule has 1 aromatic carbocycles. The van der Waals surface area contributed by atoms with Crippen molar-refractivity contribution in [2.24, 2.45) is 7.05 Å². The molecule has 0 radical (unpaired) electrons. The highest BCUT2D eigenvalue weighted by atomic mass is 32.2. The smallest absolute Gasteiger partial charge is 0.273 e. The van der Waals surface area contributed by atoms with Crippen LogP contribution in [0.1, 0.15) is 27.4 Å². The van der Waals surface area contributed by atoms with E-state index < -0.39 is 28.2 Å². The Kier molecular flexibility index (Phi) is 4.71. The maximum atomic E-state index is 12.6. The lowest BCUT2D eigenvalue weighted by atomic mass is 10.1. The van der Waals surface area contributed by atoms with Crippen LogP contribution in [0.4, 0.5) is 17.2 Å². The zero-order valence-electron chi connectivity index (χ0n) is 20.2. The number of sulfonamides is 1. The molecule has 1 fully saturated rings. The third-order valence-electron chi connectivity index (χ3n) is 4.66. The van der Waals surface area contributed by atoms with Gasteiger partial charge >= 0.3 is 0 Å². The van der Waals surface area contributed by atoms with Crippen LogP contribution < -0.4 is 20.1 Å². The van der Waals surface area contributed by atoms with Gasteiger partial charge in [0.25, 0.3) is 5.91 Å². The van der Waals surface area contributed by atoms with Gasteiger partial charge in [-0.05, 0) is 25.0 Å². The molecular weight excluding hydrogens is 436 g/mol. The molecule has 0 atom stereocenters. The van der Waals surface area contributed by atoms with Crippen LogP contribution in [0.5, 0.6) is 5.75 Å². The van der Waals surface area contributed by atoms with E-state index in [2.05, 4.69) is 30.3 Å². The Morgan fingerprint density at radius 1 is 1.28 bits per heavy atom. The fraction of sp³-hybridized carbons (Fsp3) is 0.316. The lowest BCUT2D eigenvalue weighted by Crippen LogP contribution is -2.23. The number of rotatable bonds is 8. The van der Waals surface area contributed by atoms with Crippen LogP contribution >= 0.6 is 0 Å². The van der Waals surface area contributed by atoms with E-state index in [9.17, 15) is 13.2 Å². The van der Waals surface area contributed by atoms with Crippen LogP contribution in [0.3, 0.4) is 0 Å². The molecule has 4 rings (SSSR count). The zero-order chi connectivity index (χ0) is 25.4. The van der Waals surface area contributed by atoms with Crippen LogP contribution in [0.15, 0.2) is 30.6 Å². The largest absolute Gasteiger partial charge is 0.494 e. The Morgan fingerprint density at radius 3 is 2.75 bits per heavy atom. The normalized spacial score (nSPS) is 15.2. The van der Waals surface area contributed by atoms with Crippen molar-refractivity contribution in [3.63, 3.8) is 0 Å². The first-order valence-corrected chi connectivity index (χ1v) is 11.0. The molecule has 1 saturated carbocycles. The first kappa shape index (κ1) is 17.9. The zero-order valence-corrected chi connectivity index (χ0v) is 18.0. The van der Waals surface area contributed by atoms with E-state index in [0.29, 0.717) is 35.7 Å². The Labute approximate surface area is 188 Å². The Bertz CT molecular complexity index is 1370. The number of aryl methyl sites for hydroxylation is 1. The molecule has 0 aliphatic heterocycles. The highest BCUT2D eigenvalue weighted by molar-refractivity contribution is 7.93. The number of aromatic nitrogens is 5. The minimum atomic E-state index is -3.66. The fourth-order valence-corrected chi connectivity index (χ4v) is 4.33. The van der Waals surface area contributed by atoms with Crippen molar-refractivity contribution in [2.45, 2.75) is 18.1 Å². The van der Waals surface area contributed by atoms with Gasteiger partial charge in [0.1, 0.15) is 6.33 Å². The highest BCUT2D eigenvalue weighted by Gasteiger charge is 2.36. The van der Waals surface area contributed by atoms with Crippen LogP contribution in [-0.2, 0) is 17.1 Å². The molecular formula is C19H22N8O4S. The first-order valence-electron chi connectivity index (χ1n) is 11.0. The van der Waals surface area contributed by atoms with Gasteiger partial charge in [-0.15, -0.1) is 10.2 Å². The average Bonchev–Trinajstić information content (AvgIpc) is 3.54. The number of hydrogen-bond acceptors (Lipinski definition) is 9. The quantitative estimate of drug-likeness (QED) is 0.450. The van der Waals surface area contributed by atoms with Gasteiger partial charge in [-0.1, -0.05) is 6.07 Å². The van der Waals surface area contributed by atoms with Crippen molar-refractivity contribution in [1.82, 2.24) is 30.3 Å². The maximum absolute atomic E-state index is 12.6. The van der Waals surface area contributed by atoms with Crippen molar-refractivity contribution in [3.05, 3.63) is 36.3 Å². The van der Waals surface area contributed by atoms with Gasteiger partial charge in [-0.2, -0.15) is 5.10 Å². The predicted molar refractivity (Wildman–Crippen MR) is 117 cm³/mol. The molecule has 2 heterocycles. The molecule has 0 saturated heterocycles. The summed E-state index contributed by atoms with van der Waals surface area (Å²) in [6.45, 7) is -2.77. The summed E-state index contributed by atoms with van der Waals surface area (Å²) in [7, 11) is -0.504. The number of ether oxygens (including phenoxy) is 1. The Morgan fingerprint density at radius 2 is 2.09 bits per heavy atom. The molecule has 32 heavy (non-hydrogen) atoms. The molecule has 0 bridgehead atoms. The van der Waals surface area contributed by atoms with Gasteiger partial charge < -0.3 is 15.4 Å². The van der Waals surface area contributed by atoms with E-state index in [1.165, 1.54) is 24.2 Å². The van der Waals surface area contributed by atoms with Crippen molar-refractivity contribution >= 4 is 33.1 Å². The van der Waals surface area contributed by atoms with Gasteiger partial charge in [0, 0.05) is 24.2 Å². The lowest BCUT2D eigenvalue weighted by Gasteiger charge is -2.16. The summed E-state index contributed by atoms with van der Waals surface area (Å²) in [6, 6.07) is 6.34. The number of methoxy groups -OCH3 is 1. The van der Waals surface area contributed by atoms with Crippen molar-refractivity contribution in [3.8, 4) is 17.1 Å². The molecule has 0 unspecified atom stereocenters. The summed E-state index contributed by atoms with van der Waals surface area (Å²) in [6.07, 6.45) is 2.61. The van der Waals surface area contributed by atoms with Crippen LogP contribution in [-0.4, -0.2) is 58.6 Å². The SMILES string of the molecule is [2H]C([2H])([2H])NC(=O)c1nnc(NS(=O)(=O)C2CC2)cc1Nc1cccc(-c2ncn(C)n2)c1OC. The van der Waals surface area contributed by atoms with Crippen LogP contribution in [0.2, 0.25) is 0 Å². The molecule has 168 valence electrons. The molecule has 1 amide bonds. The number of para-hydroxylation sites is 1. The van der Waals surface area contributed by atoms with Gasteiger partial charge in [0.05, 0.1) is 29.3 Å². The topological polar surface area (TPSA) is 153 Å². The number of hydrogen-bond donors (Lipinski definition) is 3. The number of carbonyl (C=O) groups excluding carboxylic acids is 1. The number of nitrogens with zero attached hydrogens (tertiary/aromatic N) is 5. The second kappa shape index (κ2) is 8.42. The second-order valence-electron chi connectivity index (χ2n) is 7.05. The van der Waals surface area contributed by atoms with E-state index in [0.717, 1.165) is 0 Å². The number of carbonyl (C=O) groups is 1. The number of anilines is 3. The van der Waals surface area contributed by atoms with E-state index in [1.807, 2.05) is 5.32 Å². The molecule has 0 spiro atoms. The Hall–Kier alpha value is -3.74. The number of nitrogens with one attached hydrogen (secondary N) is 3.